The van der Waals surface area contributed by atoms with Crippen LogP contribution in [-0.4, -0.2) is 5.78 Å². The van der Waals surface area contributed by atoms with Crippen LogP contribution in [0.3, 0.4) is 0 Å². The van der Waals surface area contributed by atoms with Gasteiger partial charge in [0, 0.05) is 12.8 Å². The molecule has 1 heteroatoms. The summed E-state index contributed by atoms with van der Waals surface area (Å²) in [5.74, 6) is 1.94. The van der Waals surface area contributed by atoms with Gasteiger partial charge in [0.15, 0.2) is 0 Å². The molecule has 1 nitrogen and oxygen atoms in total. The van der Waals surface area contributed by atoms with Crippen LogP contribution in [0.5, 0.6) is 0 Å². The first-order chi connectivity index (χ1) is 4.74. The van der Waals surface area contributed by atoms with Gasteiger partial charge in [-0.3, -0.25) is 4.79 Å². The van der Waals surface area contributed by atoms with E-state index < -0.39 is 0 Å². The molecule has 1 aliphatic carbocycles. The molecule has 0 aromatic carbocycles. The molecular formula is C9H16O. The Balaban J connectivity index is 2.36. The van der Waals surface area contributed by atoms with Gasteiger partial charge in [-0.05, 0) is 18.3 Å². The molecule has 1 rings (SSSR count). The number of carbonyl (C=O) groups excluding carboxylic acids is 1. The second kappa shape index (κ2) is 3.18. The predicted molar refractivity (Wildman–Crippen MR) is 41.8 cm³/mol. The van der Waals surface area contributed by atoms with Crippen LogP contribution in [0.15, 0.2) is 0 Å². The topological polar surface area (TPSA) is 17.1 Å². The molecule has 0 aromatic rings. The molecule has 2 atom stereocenters. The van der Waals surface area contributed by atoms with Crippen LogP contribution < -0.4 is 0 Å². The zero-order valence-electron chi connectivity index (χ0n) is 6.89. The molecule has 1 fully saturated rings. The predicted octanol–water partition coefficient (Wildman–Crippen LogP) is 2.40. The smallest absolute Gasteiger partial charge is 0.133 e. The van der Waals surface area contributed by atoms with Gasteiger partial charge in [0.2, 0.25) is 0 Å². The minimum Gasteiger partial charge on any atom is -0.300 e. The van der Waals surface area contributed by atoms with Crippen LogP contribution in [0.2, 0.25) is 0 Å². The molecule has 0 radical (unpaired) electrons. The van der Waals surface area contributed by atoms with E-state index >= 15 is 0 Å². The molecule has 0 N–H and O–H groups in total. The number of hydrogen-bond acceptors (Lipinski definition) is 1. The number of ketones is 1. The Bertz CT molecular complexity index is 129. The summed E-state index contributed by atoms with van der Waals surface area (Å²) >= 11 is 0. The van der Waals surface area contributed by atoms with Crippen LogP contribution >= 0.6 is 0 Å². The summed E-state index contributed by atoms with van der Waals surface area (Å²) < 4.78 is 0. The van der Waals surface area contributed by atoms with Crippen molar-refractivity contribution in [2.45, 2.75) is 39.5 Å². The molecule has 0 saturated heterocycles. The van der Waals surface area contributed by atoms with Gasteiger partial charge in [-0.1, -0.05) is 20.3 Å². The lowest BCUT2D eigenvalue weighted by Crippen LogP contribution is -2.06. The molecule has 0 bridgehead atoms. The molecule has 58 valence electrons. The van der Waals surface area contributed by atoms with E-state index in [1.165, 1.54) is 6.42 Å². The standard InChI is InChI=1S/C9H16O/c1-3-7(2)8-4-5-9(10)6-8/h7-8H,3-6H2,1-2H3/t7-,8+/m0/s1. The lowest BCUT2D eigenvalue weighted by molar-refractivity contribution is -0.117. The maximum atomic E-state index is 10.9. The third-order valence-corrected chi connectivity index (χ3v) is 2.73. The monoisotopic (exact) mass is 140 g/mol. The van der Waals surface area contributed by atoms with E-state index in [0.717, 1.165) is 25.2 Å². The van der Waals surface area contributed by atoms with Crippen molar-refractivity contribution in [3.05, 3.63) is 0 Å². The Kier molecular flexibility index (Phi) is 2.47. The van der Waals surface area contributed by atoms with E-state index in [2.05, 4.69) is 13.8 Å². The first kappa shape index (κ1) is 7.77. The molecule has 0 heterocycles. The SMILES string of the molecule is CC[C@H](C)[C@@H]1CCC(=O)C1. The van der Waals surface area contributed by atoms with E-state index in [1.54, 1.807) is 0 Å². The Hall–Kier alpha value is -0.330. The van der Waals surface area contributed by atoms with Crippen molar-refractivity contribution < 1.29 is 4.79 Å². The lowest BCUT2D eigenvalue weighted by atomic mass is 9.91. The van der Waals surface area contributed by atoms with E-state index in [0.29, 0.717) is 11.7 Å². The Morgan fingerprint density at radius 1 is 1.70 bits per heavy atom. The highest BCUT2D eigenvalue weighted by Crippen LogP contribution is 2.30. The summed E-state index contributed by atoms with van der Waals surface area (Å²) in [6.45, 7) is 4.46. The Morgan fingerprint density at radius 3 is 2.80 bits per heavy atom. The normalized spacial score (nSPS) is 29.0. The fourth-order valence-corrected chi connectivity index (χ4v) is 1.66. The summed E-state index contributed by atoms with van der Waals surface area (Å²) in [6.07, 6.45) is 4.07. The third-order valence-electron chi connectivity index (χ3n) is 2.73. The van der Waals surface area contributed by atoms with Crippen LogP contribution in [-0.2, 0) is 4.79 Å². The summed E-state index contributed by atoms with van der Waals surface area (Å²) in [5.41, 5.74) is 0. The van der Waals surface area contributed by atoms with Gasteiger partial charge in [0.1, 0.15) is 5.78 Å². The van der Waals surface area contributed by atoms with E-state index in [-0.39, 0.29) is 0 Å². The third kappa shape index (κ3) is 1.59. The first-order valence-corrected chi connectivity index (χ1v) is 4.25. The van der Waals surface area contributed by atoms with Crippen molar-refractivity contribution in [2.75, 3.05) is 0 Å². The summed E-state index contributed by atoms with van der Waals surface area (Å²) in [5, 5.41) is 0. The van der Waals surface area contributed by atoms with Gasteiger partial charge < -0.3 is 0 Å². The largest absolute Gasteiger partial charge is 0.300 e. The van der Waals surface area contributed by atoms with Crippen LogP contribution in [0.4, 0.5) is 0 Å². The van der Waals surface area contributed by atoms with Crippen molar-refractivity contribution in [3.8, 4) is 0 Å². The van der Waals surface area contributed by atoms with E-state index in [4.69, 9.17) is 0 Å². The quantitative estimate of drug-likeness (QED) is 0.575. The van der Waals surface area contributed by atoms with E-state index in [1.807, 2.05) is 0 Å². The summed E-state index contributed by atoms with van der Waals surface area (Å²) in [6, 6.07) is 0. The van der Waals surface area contributed by atoms with Crippen LogP contribution in [0, 0.1) is 11.8 Å². The number of hydrogen-bond donors (Lipinski definition) is 0. The molecule has 0 spiro atoms. The van der Waals surface area contributed by atoms with Crippen molar-refractivity contribution >= 4 is 5.78 Å². The van der Waals surface area contributed by atoms with Crippen LogP contribution in [0.1, 0.15) is 39.5 Å². The second-order valence-corrected chi connectivity index (χ2v) is 3.43. The van der Waals surface area contributed by atoms with Gasteiger partial charge in [-0.2, -0.15) is 0 Å². The lowest BCUT2D eigenvalue weighted by Gasteiger charge is -2.14. The summed E-state index contributed by atoms with van der Waals surface area (Å²) in [7, 11) is 0. The second-order valence-electron chi connectivity index (χ2n) is 3.43. The van der Waals surface area contributed by atoms with Crippen molar-refractivity contribution in [1.29, 1.82) is 0 Å². The van der Waals surface area contributed by atoms with Gasteiger partial charge in [0.25, 0.3) is 0 Å². The van der Waals surface area contributed by atoms with Crippen LogP contribution in [0.25, 0.3) is 0 Å². The molecule has 10 heavy (non-hydrogen) atoms. The number of Topliss-reactive ketones (excluding diaryl/α,β-unsaturated/α-hetero) is 1. The molecule has 1 aliphatic rings. The highest BCUT2D eigenvalue weighted by molar-refractivity contribution is 5.80. The van der Waals surface area contributed by atoms with Gasteiger partial charge in [-0.15, -0.1) is 0 Å². The Morgan fingerprint density at radius 2 is 2.40 bits per heavy atom. The number of rotatable bonds is 2. The molecule has 1 saturated carbocycles. The Labute approximate surface area is 62.8 Å². The fraction of sp³-hybridized carbons (Fsp3) is 0.889. The average Bonchev–Trinajstić information content (AvgIpc) is 2.34. The van der Waals surface area contributed by atoms with Crippen molar-refractivity contribution in [2.24, 2.45) is 11.8 Å². The van der Waals surface area contributed by atoms with Crippen molar-refractivity contribution in [3.63, 3.8) is 0 Å². The highest BCUT2D eigenvalue weighted by Gasteiger charge is 2.25. The maximum absolute atomic E-state index is 10.9. The fourth-order valence-electron chi connectivity index (χ4n) is 1.66. The molecule has 0 amide bonds. The molecular weight excluding hydrogens is 124 g/mol. The van der Waals surface area contributed by atoms with Gasteiger partial charge in [0.05, 0.1) is 0 Å². The molecule has 0 aliphatic heterocycles. The number of carbonyl (C=O) groups is 1. The average molecular weight is 140 g/mol. The first-order valence-electron chi connectivity index (χ1n) is 4.25. The zero-order chi connectivity index (χ0) is 7.56. The van der Waals surface area contributed by atoms with E-state index in [9.17, 15) is 4.79 Å². The zero-order valence-corrected chi connectivity index (χ0v) is 6.89. The van der Waals surface area contributed by atoms with Gasteiger partial charge >= 0.3 is 0 Å². The molecule has 0 aromatic heterocycles. The highest BCUT2D eigenvalue weighted by atomic mass is 16.1. The maximum Gasteiger partial charge on any atom is 0.133 e. The molecule has 0 unspecified atom stereocenters. The van der Waals surface area contributed by atoms with Gasteiger partial charge in [-0.25, -0.2) is 0 Å². The summed E-state index contributed by atoms with van der Waals surface area (Å²) in [4.78, 5) is 10.9. The minimum atomic E-state index is 0.477. The van der Waals surface area contributed by atoms with Crippen molar-refractivity contribution in [1.82, 2.24) is 0 Å². The minimum absolute atomic E-state index is 0.477.